The number of ether oxygens (including phenoxy) is 1. The summed E-state index contributed by atoms with van der Waals surface area (Å²) in [5, 5.41) is 3.30. The molecule has 104 valence electrons. The van der Waals surface area contributed by atoms with Crippen LogP contribution < -0.4 is 10.1 Å². The molecule has 3 nitrogen and oxygen atoms in total. The van der Waals surface area contributed by atoms with Crippen LogP contribution in [-0.4, -0.2) is 12.5 Å². The Morgan fingerprint density at radius 1 is 1.20 bits per heavy atom. The number of benzene rings is 2. The van der Waals surface area contributed by atoms with Gasteiger partial charge in [0.25, 0.3) is 5.91 Å². The van der Waals surface area contributed by atoms with Gasteiger partial charge in [-0.1, -0.05) is 29.3 Å². The van der Waals surface area contributed by atoms with Gasteiger partial charge in [0.1, 0.15) is 11.6 Å². The smallest absolute Gasteiger partial charge is 0.262 e. The van der Waals surface area contributed by atoms with Crippen molar-refractivity contribution in [3.05, 3.63) is 58.3 Å². The van der Waals surface area contributed by atoms with Gasteiger partial charge in [-0.3, -0.25) is 4.79 Å². The second-order valence-corrected chi connectivity index (χ2v) is 4.77. The van der Waals surface area contributed by atoms with Crippen molar-refractivity contribution in [3.8, 4) is 5.75 Å². The maximum Gasteiger partial charge on any atom is 0.262 e. The Kier molecular flexibility index (Phi) is 4.82. The fraction of sp³-hybridized carbons (Fsp3) is 0.0714. The number of halogens is 3. The second-order valence-electron chi connectivity index (χ2n) is 3.92. The van der Waals surface area contributed by atoms with Gasteiger partial charge in [0.15, 0.2) is 6.61 Å². The van der Waals surface area contributed by atoms with Crippen molar-refractivity contribution in [2.45, 2.75) is 0 Å². The van der Waals surface area contributed by atoms with E-state index in [-0.39, 0.29) is 6.61 Å². The normalized spacial score (nSPS) is 10.2. The lowest BCUT2D eigenvalue weighted by atomic mass is 10.3. The highest BCUT2D eigenvalue weighted by Gasteiger charge is 2.07. The molecule has 0 atom stereocenters. The van der Waals surface area contributed by atoms with E-state index in [1.165, 1.54) is 24.3 Å². The van der Waals surface area contributed by atoms with E-state index in [2.05, 4.69) is 5.32 Å². The average molecular weight is 314 g/mol. The summed E-state index contributed by atoms with van der Waals surface area (Å²) in [4.78, 5) is 11.6. The van der Waals surface area contributed by atoms with Gasteiger partial charge >= 0.3 is 0 Å². The minimum Gasteiger partial charge on any atom is -0.482 e. The van der Waals surface area contributed by atoms with Crippen LogP contribution in [0.25, 0.3) is 0 Å². The summed E-state index contributed by atoms with van der Waals surface area (Å²) in [6.45, 7) is -0.238. The molecule has 2 rings (SSSR count). The molecule has 1 N–H and O–H groups in total. The molecule has 0 unspecified atom stereocenters. The maximum atomic E-state index is 12.9. The summed E-state index contributed by atoms with van der Waals surface area (Å²) in [7, 11) is 0. The summed E-state index contributed by atoms with van der Waals surface area (Å²) in [5.74, 6) is -0.489. The van der Waals surface area contributed by atoms with E-state index in [1.807, 2.05) is 0 Å². The molecular weight excluding hydrogens is 304 g/mol. The SMILES string of the molecule is O=C(COc1ccc(Cl)cc1Cl)Nc1cccc(F)c1. The van der Waals surface area contributed by atoms with Crippen LogP contribution in [0.2, 0.25) is 10.0 Å². The average Bonchev–Trinajstić information content (AvgIpc) is 2.37. The molecule has 0 aliphatic heterocycles. The zero-order valence-corrected chi connectivity index (χ0v) is 11.7. The van der Waals surface area contributed by atoms with E-state index in [9.17, 15) is 9.18 Å². The Bertz CT molecular complexity index is 634. The van der Waals surface area contributed by atoms with Crippen LogP contribution in [0.5, 0.6) is 5.75 Å². The Hall–Kier alpha value is -1.78. The van der Waals surface area contributed by atoms with Gasteiger partial charge in [0, 0.05) is 10.7 Å². The molecule has 0 spiro atoms. The van der Waals surface area contributed by atoms with Gasteiger partial charge < -0.3 is 10.1 Å². The van der Waals surface area contributed by atoms with Gasteiger partial charge in [-0.15, -0.1) is 0 Å². The van der Waals surface area contributed by atoms with Crippen LogP contribution in [0.4, 0.5) is 10.1 Å². The largest absolute Gasteiger partial charge is 0.482 e. The number of rotatable bonds is 4. The van der Waals surface area contributed by atoms with Crippen molar-refractivity contribution in [2.75, 3.05) is 11.9 Å². The highest BCUT2D eigenvalue weighted by atomic mass is 35.5. The number of hydrogen-bond donors (Lipinski definition) is 1. The Balaban J connectivity index is 1.92. The first kappa shape index (κ1) is 14.6. The maximum absolute atomic E-state index is 12.9. The van der Waals surface area contributed by atoms with Crippen LogP contribution in [0.3, 0.4) is 0 Å². The van der Waals surface area contributed by atoms with Crippen molar-refractivity contribution in [1.29, 1.82) is 0 Å². The van der Waals surface area contributed by atoms with E-state index in [0.29, 0.717) is 21.5 Å². The fourth-order valence-corrected chi connectivity index (χ4v) is 1.96. The van der Waals surface area contributed by atoms with Crippen molar-refractivity contribution >= 4 is 34.8 Å². The molecule has 20 heavy (non-hydrogen) atoms. The van der Waals surface area contributed by atoms with Crippen molar-refractivity contribution in [2.24, 2.45) is 0 Å². The van der Waals surface area contributed by atoms with Crippen molar-refractivity contribution < 1.29 is 13.9 Å². The first-order valence-electron chi connectivity index (χ1n) is 5.68. The van der Waals surface area contributed by atoms with Gasteiger partial charge in [0.05, 0.1) is 5.02 Å². The summed E-state index contributed by atoms with van der Waals surface area (Å²) < 4.78 is 18.2. The zero-order valence-electron chi connectivity index (χ0n) is 10.2. The summed E-state index contributed by atoms with van der Waals surface area (Å²) >= 11 is 11.7. The summed E-state index contributed by atoms with van der Waals surface area (Å²) in [6.07, 6.45) is 0. The predicted octanol–water partition coefficient (Wildman–Crippen LogP) is 4.15. The number of amides is 1. The third-order valence-corrected chi connectivity index (χ3v) is 2.89. The quantitative estimate of drug-likeness (QED) is 0.920. The number of carbonyl (C=O) groups is 1. The number of carbonyl (C=O) groups excluding carboxylic acids is 1. The first-order chi connectivity index (χ1) is 9.54. The van der Waals surface area contributed by atoms with Gasteiger partial charge in [0.2, 0.25) is 0 Å². The summed E-state index contributed by atoms with van der Waals surface area (Å²) in [6, 6.07) is 10.3. The lowest BCUT2D eigenvalue weighted by Crippen LogP contribution is -2.20. The van der Waals surface area contributed by atoms with E-state index in [1.54, 1.807) is 18.2 Å². The highest BCUT2D eigenvalue weighted by molar-refractivity contribution is 6.35. The predicted molar refractivity (Wildman–Crippen MR) is 77.0 cm³/mol. The van der Waals surface area contributed by atoms with Crippen LogP contribution in [-0.2, 0) is 4.79 Å². The van der Waals surface area contributed by atoms with Crippen LogP contribution >= 0.6 is 23.2 Å². The van der Waals surface area contributed by atoms with Crippen molar-refractivity contribution in [1.82, 2.24) is 0 Å². The minimum atomic E-state index is -0.426. The first-order valence-corrected chi connectivity index (χ1v) is 6.43. The van der Waals surface area contributed by atoms with E-state index in [0.717, 1.165) is 0 Å². The number of anilines is 1. The standard InChI is InChI=1S/C14H10Cl2FNO2/c15-9-4-5-13(12(16)6-9)20-8-14(19)18-11-3-1-2-10(17)7-11/h1-7H,8H2,(H,18,19). The molecule has 0 radical (unpaired) electrons. The van der Waals surface area contributed by atoms with Gasteiger partial charge in [-0.05, 0) is 36.4 Å². The number of nitrogens with one attached hydrogen (secondary N) is 1. The third-order valence-electron chi connectivity index (χ3n) is 2.36. The molecule has 0 aliphatic rings. The lowest BCUT2D eigenvalue weighted by Gasteiger charge is -2.09. The van der Waals surface area contributed by atoms with E-state index >= 15 is 0 Å². The van der Waals surface area contributed by atoms with Crippen LogP contribution in [0.1, 0.15) is 0 Å². The molecule has 0 bridgehead atoms. The van der Waals surface area contributed by atoms with Crippen LogP contribution in [0.15, 0.2) is 42.5 Å². The van der Waals surface area contributed by atoms with Crippen LogP contribution in [0, 0.1) is 5.82 Å². The molecule has 0 aromatic heterocycles. The third kappa shape index (κ3) is 4.11. The van der Waals surface area contributed by atoms with Gasteiger partial charge in [-0.2, -0.15) is 0 Å². The number of hydrogen-bond acceptors (Lipinski definition) is 2. The Morgan fingerprint density at radius 2 is 2.00 bits per heavy atom. The molecule has 2 aromatic carbocycles. The van der Waals surface area contributed by atoms with Gasteiger partial charge in [-0.25, -0.2) is 4.39 Å². The topological polar surface area (TPSA) is 38.3 Å². The van der Waals surface area contributed by atoms with E-state index < -0.39 is 11.7 Å². The fourth-order valence-electron chi connectivity index (χ4n) is 1.50. The van der Waals surface area contributed by atoms with Crippen molar-refractivity contribution in [3.63, 3.8) is 0 Å². The zero-order chi connectivity index (χ0) is 14.5. The summed E-state index contributed by atoms with van der Waals surface area (Å²) in [5.41, 5.74) is 0.362. The molecular formula is C14H10Cl2FNO2. The molecule has 6 heteroatoms. The monoisotopic (exact) mass is 313 g/mol. The molecule has 0 aliphatic carbocycles. The highest BCUT2D eigenvalue weighted by Crippen LogP contribution is 2.27. The molecule has 0 saturated heterocycles. The second kappa shape index (κ2) is 6.59. The molecule has 0 heterocycles. The molecule has 0 fully saturated rings. The molecule has 1 amide bonds. The Labute approximate surface area is 125 Å². The van der Waals surface area contributed by atoms with E-state index in [4.69, 9.17) is 27.9 Å². The molecule has 0 saturated carbocycles. The lowest BCUT2D eigenvalue weighted by molar-refractivity contribution is -0.118. The Morgan fingerprint density at radius 3 is 2.70 bits per heavy atom. The minimum absolute atomic E-state index is 0.238. The molecule has 2 aromatic rings.